The molecule has 0 aliphatic carbocycles. The van der Waals surface area contributed by atoms with Crippen molar-refractivity contribution in [1.29, 1.82) is 0 Å². The van der Waals surface area contributed by atoms with Gasteiger partial charge in [-0.1, -0.05) is 48.5 Å². The summed E-state index contributed by atoms with van der Waals surface area (Å²) in [6.07, 6.45) is -2.55. The van der Waals surface area contributed by atoms with Gasteiger partial charge in [-0.2, -0.15) is 8.42 Å². The summed E-state index contributed by atoms with van der Waals surface area (Å²) in [5.74, 6) is -4.10. The lowest BCUT2D eigenvalue weighted by Crippen LogP contribution is -2.16. The quantitative estimate of drug-likeness (QED) is 0.817. The number of carbonyl (C=O) groups excluding carboxylic acids is 1. The fourth-order valence-electron chi connectivity index (χ4n) is 2.25. The molecule has 6 nitrogen and oxygen atoms in total. The summed E-state index contributed by atoms with van der Waals surface area (Å²) in [5, 5.41) is 0. The highest BCUT2D eigenvalue weighted by Crippen LogP contribution is 2.33. The summed E-state index contributed by atoms with van der Waals surface area (Å²) in [4.78, 5) is 12.5. The number of benzene rings is 2. The zero-order valence-electron chi connectivity index (χ0n) is 13.8. The first-order valence-corrected chi connectivity index (χ1v) is 8.75. The van der Waals surface area contributed by atoms with Gasteiger partial charge < -0.3 is 14.7 Å². The number of rotatable bonds is 5. The number of hydrogen-bond acceptors (Lipinski definition) is 6. The second kappa shape index (κ2) is 6.56. The first kappa shape index (κ1) is 15.6. The summed E-state index contributed by atoms with van der Waals surface area (Å²) in [6.45, 7) is 0. The molecule has 1 aliphatic rings. The van der Waals surface area contributed by atoms with Crippen molar-refractivity contribution in [1.82, 2.24) is 0 Å². The minimum absolute atomic E-state index is 0.396. The molecule has 2 N–H and O–H groups in total. The van der Waals surface area contributed by atoms with Gasteiger partial charge in [0.25, 0.3) is 0 Å². The Balaban J connectivity index is 1.86. The van der Waals surface area contributed by atoms with Gasteiger partial charge in [-0.15, -0.1) is 0 Å². The average Bonchev–Trinajstić information content (AvgIpc) is 2.79. The fourth-order valence-corrected chi connectivity index (χ4v) is 3.33. The van der Waals surface area contributed by atoms with E-state index < -0.39 is 50.8 Å². The highest BCUT2D eigenvalue weighted by molar-refractivity contribution is 7.86. The Morgan fingerprint density at radius 2 is 1.80 bits per heavy atom. The van der Waals surface area contributed by atoms with Crippen molar-refractivity contribution in [3.63, 3.8) is 0 Å². The summed E-state index contributed by atoms with van der Waals surface area (Å²) in [7, 11) is -4.24. The molecule has 25 heavy (non-hydrogen) atoms. The van der Waals surface area contributed by atoms with Crippen molar-refractivity contribution in [2.45, 2.75) is 11.8 Å². The predicted octanol–water partition coefficient (Wildman–Crippen LogP) is 2.14. The van der Waals surface area contributed by atoms with Crippen LogP contribution in [0.1, 0.15) is 18.6 Å². The van der Waals surface area contributed by atoms with E-state index in [1.54, 1.807) is 30.3 Å². The zero-order chi connectivity index (χ0) is 18.9. The number of ketones is 1. The number of nitrogens with two attached hydrogens (primary N) is 1. The van der Waals surface area contributed by atoms with Crippen LogP contribution in [-0.4, -0.2) is 14.2 Å². The molecule has 0 saturated carbocycles. The summed E-state index contributed by atoms with van der Waals surface area (Å²) >= 11 is 0. The van der Waals surface area contributed by atoms with E-state index in [1.165, 1.54) is 18.2 Å². The topological polar surface area (TPSA) is 95.7 Å². The molecule has 1 heterocycles. The van der Waals surface area contributed by atoms with Gasteiger partial charge >= 0.3 is 10.1 Å². The molecule has 2 aromatic carbocycles. The van der Waals surface area contributed by atoms with Crippen LogP contribution in [0.4, 0.5) is 4.39 Å². The lowest BCUT2D eigenvalue weighted by atomic mass is 10.1. The lowest BCUT2D eigenvalue weighted by Gasteiger charge is -2.10. The highest BCUT2D eigenvalue weighted by Gasteiger charge is 2.40. The monoisotopic (exact) mass is 364 g/mol. The molecule has 130 valence electrons. The number of halogens is 1. The highest BCUT2D eigenvalue weighted by atomic mass is 32.2. The van der Waals surface area contributed by atoms with Gasteiger partial charge in [-0.3, -0.25) is 4.79 Å². The molecule has 8 heteroatoms. The van der Waals surface area contributed by atoms with Crippen LogP contribution in [-0.2, 0) is 29.6 Å². The summed E-state index contributed by atoms with van der Waals surface area (Å²) in [6, 6.07) is 13.2. The molecule has 0 spiro atoms. The Hall–Kier alpha value is -2.87. The molecule has 0 amide bonds. The van der Waals surface area contributed by atoms with Crippen LogP contribution in [0.25, 0.3) is 0 Å². The lowest BCUT2D eigenvalue weighted by molar-refractivity contribution is -0.123. The van der Waals surface area contributed by atoms with E-state index in [0.717, 1.165) is 6.07 Å². The van der Waals surface area contributed by atoms with Crippen LogP contribution < -0.4 is 5.73 Å². The Kier molecular flexibility index (Phi) is 4.10. The fraction of sp³-hybridized carbons (Fsp3) is 0.118. The normalized spacial score (nSPS) is 21.0. The van der Waals surface area contributed by atoms with E-state index in [9.17, 15) is 17.6 Å². The van der Waals surface area contributed by atoms with Gasteiger partial charge in [0, 0.05) is 5.56 Å². The van der Waals surface area contributed by atoms with Gasteiger partial charge in [0.05, 0.1) is 1.37 Å². The first-order valence-electron chi connectivity index (χ1n) is 7.67. The van der Waals surface area contributed by atoms with Crippen molar-refractivity contribution in [2.75, 3.05) is 0 Å². The molecule has 1 unspecified atom stereocenters. The SMILES string of the molecule is [2H]C1(c2ccccc2F)OC(N)=C(OS(=O)(=O)Cc2ccccc2)C1=O. The number of Topliss-reactive ketones (excluding diaryl/α,β-unsaturated/α-hetero) is 1. The molecular weight excluding hydrogens is 349 g/mol. The number of carbonyl (C=O) groups is 1. The molecule has 0 aromatic heterocycles. The van der Waals surface area contributed by atoms with Crippen LogP contribution in [0.2, 0.25) is 0 Å². The average molecular weight is 364 g/mol. The van der Waals surface area contributed by atoms with Crippen LogP contribution in [0.5, 0.6) is 0 Å². The van der Waals surface area contributed by atoms with Crippen LogP contribution in [0.3, 0.4) is 0 Å². The Morgan fingerprint density at radius 1 is 1.16 bits per heavy atom. The molecule has 0 radical (unpaired) electrons. The third-order valence-electron chi connectivity index (χ3n) is 3.36. The van der Waals surface area contributed by atoms with Gasteiger partial charge in [-0.25, -0.2) is 4.39 Å². The molecule has 1 aliphatic heterocycles. The second-order valence-electron chi connectivity index (χ2n) is 5.20. The van der Waals surface area contributed by atoms with E-state index in [4.69, 9.17) is 16.0 Å². The minimum atomic E-state index is -4.24. The van der Waals surface area contributed by atoms with Gasteiger partial charge in [0.2, 0.25) is 17.4 Å². The maximum atomic E-state index is 14.0. The van der Waals surface area contributed by atoms with Crippen LogP contribution in [0.15, 0.2) is 66.2 Å². The third-order valence-corrected chi connectivity index (χ3v) is 4.47. The van der Waals surface area contributed by atoms with Crippen molar-refractivity contribution < 1.29 is 27.9 Å². The largest absolute Gasteiger partial charge is 0.460 e. The van der Waals surface area contributed by atoms with Gasteiger partial charge in [0.15, 0.2) is 6.08 Å². The molecule has 0 fully saturated rings. The third kappa shape index (κ3) is 3.63. The molecule has 3 rings (SSSR count). The summed E-state index contributed by atoms with van der Waals surface area (Å²) < 4.78 is 56.3. The Bertz CT molecular complexity index is 993. The van der Waals surface area contributed by atoms with Crippen molar-refractivity contribution in [3.8, 4) is 0 Å². The van der Waals surface area contributed by atoms with Gasteiger partial charge in [0.1, 0.15) is 11.6 Å². The molecule has 0 bridgehead atoms. The molecule has 0 saturated heterocycles. The molecule has 2 aromatic rings. The standard InChI is InChI=1S/C17H14FNO5S/c18-13-9-5-4-8-12(13)15-14(20)16(17(19)23-15)24-25(21,22)10-11-6-2-1-3-7-11/h1-9,15H,10,19H2/i15D. The summed E-state index contributed by atoms with van der Waals surface area (Å²) in [5.41, 5.74) is 5.58. The van der Waals surface area contributed by atoms with E-state index in [1.807, 2.05) is 0 Å². The van der Waals surface area contributed by atoms with Crippen molar-refractivity contribution in [2.24, 2.45) is 5.73 Å². The Labute approximate surface area is 145 Å². The Morgan fingerprint density at radius 3 is 2.48 bits per heavy atom. The number of hydrogen-bond donors (Lipinski definition) is 1. The smallest absolute Gasteiger partial charge is 0.313 e. The second-order valence-corrected chi connectivity index (χ2v) is 6.78. The first-order chi connectivity index (χ1) is 12.2. The molecule has 1 atom stereocenters. The maximum Gasteiger partial charge on any atom is 0.313 e. The minimum Gasteiger partial charge on any atom is -0.460 e. The van der Waals surface area contributed by atoms with E-state index >= 15 is 0 Å². The zero-order valence-corrected chi connectivity index (χ0v) is 13.6. The number of ether oxygens (including phenoxy) is 1. The van der Waals surface area contributed by atoms with Crippen LogP contribution in [0, 0.1) is 5.82 Å². The van der Waals surface area contributed by atoms with E-state index in [0.29, 0.717) is 5.56 Å². The van der Waals surface area contributed by atoms with E-state index in [2.05, 4.69) is 0 Å². The molecular formula is C17H14FNO5S. The van der Waals surface area contributed by atoms with Crippen molar-refractivity contribution >= 4 is 15.9 Å². The maximum absolute atomic E-state index is 14.0. The van der Waals surface area contributed by atoms with Crippen molar-refractivity contribution in [3.05, 3.63) is 83.2 Å². The van der Waals surface area contributed by atoms with E-state index in [-0.39, 0.29) is 0 Å². The van der Waals surface area contributed by atoms with Gasteiger partial charge in [-0.05, 0) is 11.6 Å². The van der Waals surface area contributed by atoms with Crippen LogP contribution >= 0.6 is 0 Å². The predicted molar refractivity (Wildman–Crippen MR) is 86.6 cm³/mol.